The lowest BCUT2D eigenvalue weighted by Crippen LogP contribution is -2.32. The molecule has 8 rings (SSSR count). The molecule has 2 amide bonds. The van der Waals surface area contributed by atoms with Crippen molar-refractivity contribution in [1.82, 2.24) is 44.2 Å². The lowest BCUT2D eigenvalue weighted by atomic mass is 9.97. The molecule has 61 heavy (non-hydrogen) atoms. The molecule has 0 spiro atoms. The third kappa shape index (κ3) is 8.45. The fourth-order valence-corrected chi connectivity index (χ4v) is 8.36. The van der Waals surface area contributed by atoms with Gasteiger partial charge in [0.05, 0.1) is 42.1 Å². The molecule has 0 radical (unpaired) electrons. The summed E-state index contributed by atoms with van der Waals surface area (Å²) in [5.41, 5.74) is 5.63. The number of aromatic nitrogens is 6. The maximum absolute atomic E-state index is 13.6. The van der Waals surface area contributed by atoms with Crippen LogP contribution in [0.3, 0.4) is 0 Å². The zero-order valence-corrected chi connectivity index (χ0v) is 34.9. The van der Waals surface area contributed by atoms with E-state index in [9.17, 15) is 19.2 Å². The van der Waals surface area contributed by atoms with Crippen LogP contribution in [0.5, 0.6) is 0 Å². The molecule has 0 saturated carbocycles. The Hall–Kier alpha value is -6.90. The van der Waals surface area contributed by atoms with Crippen molar-refractivity contribution in [3.8, 4) is 22.3 Å². The van der Waals surface area contributed by atoms with Crippen molar-refractivity contribution in [1.29, 1.82) is 0 Å². The second-order valence-corrected chi connectivity index (χ2v) is 16.2. The van der Waals surface area contributed by atoms with E-state index >= 15 is 0 Å². The van der Waals surface area contributed by atoms with Crippen LogP contribution in [0.1, 0.15) is 41.9 Å². The number of benzene rings is 2. The van der Waals surface area contributed by atoms with E-state index in [4.69, 9.17) is 0 Å². The zero-order valence-electron chi connectivity index (χ0n) is 34.9. The molecule has 4 unspecified atom stereocenters. The standard InChI is InChI=1S/C47H50N10O4/c1-29-11-6-8-15-38(29)56-24-36(41-43(56)49-27-51-46(41)60)31-13-10-14-32(21-31)45(59)48-19-20-55(5)23-33-17-18-34(53-40(58)26-54(3)4)22-35(33)37-25-57(39-16-9-7-12-30(39)2)44-42(37)47(61)52-28-50-44/h6-18,21-22,24-25,27-30,38-39H,19-20,23,26H2,1-5H3,(H,48,59)(H,53,58)(H,49,51,60)(H,50,52,61). The van der Waals surface area contributed by atoms with E-state index in [1.165, 1.54) is 12.7 Å². The molecule has 0 fully saturated rings. The van der Waals surface area contributed by atoms with Crippen LogP contribution in [-0.2, 0) is 11.3 Å². The zero-order chi connectivity index (χ0) is 42.8. The van der Waals surface area contributed by atoms with Crippen LogP contribution in [0.25, 0.3) is 44.3 Å². The van der Waals surface area contributed by atoms with Crippen molar-refractivity contribution in [3.63, 3.8) is 0 Å². The number of H-pyrrole nitrogens is 2. The maximum atomic E-state index is 13.6. The second kappa shape index (κ2) is 17.4. The van der Waals surface area contributed by atoms with Crippen molar-refractivity contribution in [2.24, 2.45) is 11.8 Å². The summed E-state index contributed by atoms with van der Waals surface area (Å²) in [4.78, 5) is 71.8. The number of anilines is 1. The number of carbonyl (C=O) groups is 2. The van der Waals surface area contributed by atoms with Gasteiger partial charge < -0.3 is 39.5 Å². The third-order valence-electron chi connectivity index (χ3n) is 11.4. The lowest BCUT2D eigenvalue weighted by Gasteiger charge is -2.23. The Morgan fingerprint density at radius 1 is 0.754 bits per heavy atom. The predicted molar refractivity (Wildman–Crippen MR) is 240 cm³/mol. The predicted octanol–water partition coefficient (Wildman–Crippen LogP) is 6.06. The van der Waals surface area contributed by atoms with Crippen LogP contribution in [-0.4, -0.2) is 91.5 Å². The van der Waals surface area contributed by atoms with Gasteiger partial charge in [0.15, 0.2) is 0 Å². The number of nitrogens with one attached hydrogen (secondary N) is 4. The first-order valence-electron chi connectivity index (χ1n) is 20.5. The van der Waals surface area contributed by atoms with Gasteiger partial charge in [-0.05, 0) is 73.9 Å². The normalized spacial score (nSPS) is 18.5. The van der Waals surface area contributed by atoms with Crippen molar-refractivity contribution < 1.29 is 9.59 Å². The van der Waals surface area contributed by atoms with Crippen molar-refractivity contribution in [3.05, 3.63) is 148 Å². The molecule has 0 saturated heterocycles. The molecule has 0 bridgehead atoms. The highest BCUT2D eigenvalue weighted by Gasteiger charge is 2.26. The minimum Gasteiger partial charge on any atom is -0.351 e. The quantitative estimate of drug-likeness (QED) is 0.109. The Morgan fingerprint density at radius 3 is 1.98 bits per heavy atom. The molecule has 4 atom stereocenters. The average molecular weight is 819 g/mol. The van der Waals surface area contributed by atoms with Gasteiger partial charge in [0.25, 0.3) is 17.0 Å². The number of fused-ring (bicyclic) bond motifs is 2. The Balaban J connectivity index is 1.03. The minimum absolute atomic E-state index is 0.0116. The maximum Gasteiger partial charge on any atom is 0.260 e. The fraction of sp³-hybridized carbons (Fsp3) is 0.277. The molecule has 312 valence electrons. The topological polar surface area (TPSA) is 166 Å². The summed E-state index contributed by atoms with van der Waals surface area (Å²) in [6, 6.07) is 13.0. The van der Waals surface area contributed by atoms with Gasteiger partial charge in [0, 0.05) is 54.4 Å². The largest absolute Gasteiger partial charge is 0.351 e. The number of carbonyl (C=O) groups excluding carboxylic acids is 2. The molecule has 2 aromatic carbocycles. The van der Waals surface area contributed by atoms with Gasteiger partial charge in [-0.3, -0.25) is 19.2 Å². The van der Waals surface area contributed by atoms with E-state index < -0.39 is 0 Å². The highest BCUT2D eigenvalue weighted by molar-refractivity contribution is 5.99. The van der Waals surface area contributed by atoms with Crippen LogP contribution in [0.15, 0.2) is 126 Å². The molecular formula is C47H50N10O4. The number of likely N-dealkylation sites (N-methyl/N-ethyl adjacent to an activating group) is 2. The Morgan fingerprint density at radius 2 is 1.36 bits per heavy atom. The van der Waals surface area contributed by atoms with Crippen molar-refractivity contribution >= 4 is 39.6 Å². The summed E-state index contributed by atoms with van der Waals surface area (Å²) in [6.45, 7) is 5.84. The molecule has 2 aliphatic rings. The van der Waals surface area contributed by atoms with Gasteiger partial charge >= 0.3 is 0 Å². The van der Waals surface area contributed by atoms with E-state index in [0.29, 0.717) is 64.1 Å². The Kier molecular flexibility index (Phi) is 11.6. The third-order valence-corrected chi connectivity index (χ3v) is 11.4. The van der Waals surface area contributed by atoms with Gasteiger partial charge in [-0.2, -0.15) is 0 Å². The van der Waals surface area contributed by atoms with E-state index in [-0.39, 0.29) is 53.4 Å². The number of aromatic amines is 2. The van der Waals surface area contributed by atoms with Gasteiger partial charge in [0.2, 0.25) is 5.91 Å². The average Bonchev–Trinajstić information content (AvgIpc) is 3.82. The highest BCUT2D eigenvalue weighted by atomic mass is 16.2. The summed E-state index contributed by atoms with van der Waals surface area (Å²) in [5.74, 6) is -0.0214. The summed E-state index contributed by atoms with van der Waals surface area (Å²) < 4.78 is 4.09. The molecule has 4 N–H and O–H groups in total. The number of hydrogen-bond donors (Lipinski definition) is 4. The molecule has 0 aliphatic heterocycles. The first-order valence-corrected chi connectivity index (χ1v) is 20.5. The smallest absolute Gasteiger partial charge is 0.260 e. The van der Waals surface area contributed by atoms with Crippen LogP contribution in [0, 0.1) is 11.8 Å². The molecule has 14 nitrogen and oxygen atoms in total. The Labute approximate surface area is 353 Å². The lowest BCUT2D eigenvalue weighted by molar-refractivity contribution is -0.116. The number of rotatable bonds is 13. The van der Waals surface area contributed by atoms with Crippen LogP contribution < -0.4 is 21.8 Å². The van der Waals surface area contributed by atoms with E-state index in [2.05, 4.69) is 78.2 Å². The van der Waals surface area contributed by atoms with E-state index in [1.807, 2.05) is 98.8 Å². The van der Waals surface area contributed by atoms with Crippen LogP contribution >= 0.6 is 0 Å². The summed E-state index contributed by atoms with van der Waals surface area (Å²) >= 11 is 0. The van der Waals surface area contributed by atoms with Crippen molar-refractivity contribution in [2.75, 3.05) is 46.1 Å². The number of allylic oxidation sites excluding steroid dienone is 8. The van der Waals surface area contributed by atoms with E-state index in [0.717, 1.165) is 16.7 Å². The molecule has 4 heterocycles. The number of amides is 2. The number of nitrogens with zero attached hydrogens (tertiary/aromatic N) is 6. The van der Waals surface area contributed by atoms with E-state index in [1.54, 1.807) is 11.0 Å². The van der Waals surface area contributed by atoms with Crippen molar-refractivity contribution in [2.45, 2.75) is 32.5 Å². The SMILES string of the molecule is CC1C=CC=CC1n1cc(-c2cccc(C(=O)NCCN(C)Cc3ccc(NC(=O)CN(C)C)cc3-c3cn(C4C=CC=CC4C)c4nc[nH]c(=O)c34)c2)c2c(=O)[nH]cnc21. The molecule has 14 heteroatoms. The Bertz CT molecular complexity index is 2870. The first-order chi connectivity index (χ1) is 29.5. The monoisotopic (exact) mass is 818 g/mol. The highest BCUT2D eigenvalue weighted by Crippen LogP contribution is 2.37. The van der Waals surface area contributed by atoms with Gasteiger partial charge in [-0.1, -0.05) is 80.7 Å². The summed E-state index contributed by atoms with van der Waals surface area (Å²) in [5, 5.41) is 7.03. The molecule has 4 aromatic heterocycles. The molecular weight excluding hydrogens is 769 g/mol. The summed E-state index contributed by atoms with van der Waals surface area (Å²) in [6.07, 6.45) is 23.3. The second-order valence-electron chi connectivity index (χ2n) is 16.2. The summed E-state index contributed by atoms with van der Waals surface area (Å²) in [7, 11) is 5.65. The van der Waals surface area contributed by atoms with Gasteiger partial charge in [-0.15, -0.1) is 0 Å². The minimum atomic E-state index is -0.252. The van der Waals surface area contributed by atoms with Gasteiger partial charge in [0.1, 0.15) is 11.3 Å². The fourth-order valence-electron chi connectivity index (χ4n) is 8.36. The van der Waals surface area contributed by atoms with Crippen LogP contribution in [0.4, 0.5) is 5.69 Å². The van der Waals surface area contributed by atoms with Gasteiger partial charge in [-0.25, -0.2) is 9.97 Å². The first kappa shape index (κ1) is 40.9. The molecule has 2 aliphatic carbocycles. The number of hydrogen-bond acceptors (Lipinski definition) is 8. The molecule has 6 aromatic rings. The van der Waals surface area contributed by atoms with Crippen LogP contribution in [0.2, 0.25) is 0 Å².